The molecule has 1 aromatic rings. The van der Waals surface area contributed by atoms with Crippen LogP contribution in [0.1, 0.15) is 24.8 Å². The summed E-state index contributed by atoms with van der Waals surface area (Å²) >= 11 is 0. The SMILES string of the molecule is NCc1ccc(NC(=O)CCCOCC2CCOC2)cc1. The molecule has 1 fully saturated rings. The monoisotopic (exact) mass is 292 g/mol. The van der Waals surface area contributed by atoms with Crippen LogP contribution in [0.15, 0.2) is 24.3 Å². The zero-order chi connectivity index (χ0) is 14.9. The second-order valence-corrected chi connectivity index (χ2v) is 5.36. The zero-order valence-corrected chi connectivity index (χ0v) is 12.3. The molecule has 1 aliphatic rings. The molecule has 1 aromatic carbocycles. The third kappa shape index (κ3) is 5.83. The first-order valence-electron chi connectivity index (χ1n) is 7.52. The Balaban J connectivity index is 1.56. The summed E-state index contributed by atoms with van der Waals surface area (Å²) in [5.74, 6) is 0.545. The lowest BCUT2D eigenvalue weighted by molar-refractivity contribution is -0.116. The summed E-state index contributed by atoms with van der Waals surface area (Å²) in [6, 6.07) is 7.58. The van der Waals surface area contributed by atoms with Gasteiger partial charge < -0.3 is 20.5 Å². The Morgan fingerprint density at radius 2 is 2.19 bits per heavy atom. The molecule has 3 N–H and O–H groups in total. The summed E-state index contributed by atoms with van der Waals surface area (Å²) in [6.07, 6.45) is 2.29. The lowest BCUT2D eigenvalue weighted by Gasteiger charge is -2.09. The van der Waals surface area contributed by atoms with E-state index in [1.807, 2.05) is 24.3 Å². The van der Waals surface area contributed by atoms with Crippen molar-refractivity contribution in [3.63, 3.8) is 0 Å². The molecule has 0 radical (unpaired) electrons. The molecular weight excluding hydrogens is 268 g/mol. The van der Waals surface area contributed by atoms with E-state index in [9.17, 15) is 4.79 Å². The fourth-order valence-corrected chi connectivity index (χ4v) is 2.25. The minimum absolute atomic E-state index is 0.0169. The molecule has 1 unspecified atom stereocenters. The molecule has 5 nitrogen and oxygen atoms in total. The molecule has 0 spiro atoms. The van der Waals surface area contributed by atoms with Gasteiger partial charge >= 0.3 is 0 Å². The predicted octanol–water partition coefficient (Wildman–Crippen LogP) is 1.92. The van der Waals surface area contributed by atoms with E-state index < -0.39 is 0 Å². The third-order valence-corrected chi connectivity index (χ3v) is 3.54. The van der Waals surface area contributed by atoms with Gasteiger partial charge in [0.25, 0.3) is 0 Å². The minimum Gasteiger partial charge on any atom is -0.381 e. The van der Waals surface area contributed by atoms with Gasteiger partial charge in [-0.2, -0.15) is 0 Å². The van der Waals surface area contributed by atoms with Crippen LogP contribution in [0, 0.1) is 5.92 Å². The van der Waals surface area contributed by atoms with E-state index in [-0.39, 0.29) is 5.91 Å². The highest BCUT2D eigenvalue weighted by molar-refractivity contribution is 5.90. The Labute approximate surface area is 125 Å². The number of benzene rings is 1. The Morgan fingerprint density at radius 3 is 2.86 bits per heavy atom. The van der Waals surface area contributed by atoms with Crippen LogP contribution in [-0.2, 0) is 20.8 Å². The molecule has 1 aliphatic heterocycles. The van der Waals surface area contributed by atoms with E-state index in [4.69, 9.17) is 15.2 Å². The number of hydrogen-bond acceptors (Lipinski definition) is 4. The molecule has 5 heteroatoms. The number of anilines is 1. The average Bonchev–Trinajstić information content (AvgIpc) is 3.01. The number of ether oxygens (including phenoxy) is 2. The van der Waals surface area contributed by atoms with Crippen molar-refractivity contribution in [1.82, 2.24) is 0 Å². The molecule has 0 saturated carbocycles. The molecule has 0 bridgehead atoms. The average molecular weight is 292 g/mol. The standard InChI is InChI=1S/C16H24N2O3/c17-10-13-3-5-15(6-4-13)18-16(19)2-1-8-20-11-14-7-9-21-12-14/h3-6,14H,1-2,7-12,17H2,(H,18,19). The summed E-state index contributed by atoms with van der Waals surface area (Å²) in [6.45, 7) is 3.52. The fourth-order valence-electron chi connectivity index (χ4n) is 2.25. The maximum absolute atomic E-state index is 11.8. The van der Waals surface area contributed by atoms with Crippen LogP contribution in [0.4, 0.5) is 5.69 Å². The van der Waals surface area contributed by atoms with Gasteiger partial charge in [-0.25, -0.2) is 0 Å². The van der Waals surface area contributed by atoms with Crippen molar-refractivity contribution >= 4 is 11.6 Å². The first-order chi connectivity index (χ1) is 10.3. The number of amides is 1. The first kappa shape index (κ1) is 15.9. The number of hydrogen-bond donors (Lipinski definition) is 2. The van der Waals surface area contributed by atoms with Crippen LogP contribution in [0.2, 0.25) is 0 Å². The second kappa shape index (κ2) is 8.77. The molecule has 1 heterocycles. The summed E-state index contributed by atoms with van der Waals surface area (Å²) in [5, 5.41) is 2.87. The summed E-state index contributed by atoms with van der Waals surface area (Å²) in [7, 11) is 0. The summed E-state index contributed by atoms with van der Waals surface area (Å²) < 4.78 is 10.9. The van der Waals surface area contributed by atoms with Crippen LogP contribution in [-0.4, -0.2) is 32.3 Å². The van der Waals surface area contributed by atoms with Crippen LogP contribution >= 0.6 is 0 Å². The van der Waals surface area contributed by atoms with E-state index in [0.29, 0.717) is 25.5 Å². The normalized spacial score (nSPS) is 17.9. The molecule has 1 atom stereocenters. The van der Waals surface area contributed by atoms with Gasteiger partial charge in [-0.05, 0) is 30.5 Å². The lowest BCUT2D eigenvalue weighted by Crippen LogP contribution is -2.14. The smallest absolute Gasteiger partial charge is 0.224 e. The maximum Gasteiger partial charge on any atom is 0.224 e. The second-order valence-electron chi connectivity index (χ2n) is 5.36. The van der Waals surface area contributed by atoms with Crippen LogP contribution in [0.5, 0.6) is 0 Å². The molecule has 1 saturated heterocycles. The molecule has 1 amide bonds. The molecule has 0 aliphatic carbocycles. The van der Waals surface area contributed by atoms with Crippen molar-refractivity contribution in [2.45, 2.75) is 25.8 Å². The quantitative estimate of drug-likeness (QED) is 0.718. The third-order valence-electron chi connectivity index (χ3n) is 3.54. The minimum atomic E-state index is 0.0169. The molecule has 21 heavy (non-hydrogen) atoms. The number of rotatable bonds is 8. The largest absolute Gasteiger partial charge is 0.381 e. The number of carbonyl (C=O) groups is 1. The van der Waals surface area contributed by atoms with Gasteiger partial charge in [0.1, 0.15) is 0 Å². The Morgan fingerprint density at radius 1 is 1.38 bits per heavy atom. The predicted molar refractivity (Wildman–Crippen MR) is 81.9 cm³/mol. The van der Waals surface area contributed by atoms with Crippen molar-refractivity contribution in [1.29, 1.82) is 0 Å². The van der Waals surface area contributed by atoms with Crippen molar-refractivity contribution in [3.8, 4) is 0 Å². The molecule has 116 valence electrons. The van der Waals surface area contributed by atoms with Gasteiger partial charge in [0, 0.05) is 37.8 Å². The van der Waals surface area contributed by atoms with Crippen molar-refractivity contribution < 1.29 is 14.3 Å². The van der Waals surface area contributed by atoms with Crippen LogP contribution < -0.4 is 11.1 Å². The Hall–Kier alpha value is -1.43. The Bertz CT molecular complexity index is 428. The zero-order valence-electron chi connectivity index (χ0n) is 12.3. The Kier molecular flexibility index (Phi) is 6.66. The van der Waals surface area contributed by atoms with Crippen molar-refractivity contribution in [3.05, 3.63) is 29.8 Å². The van der Waals surface area contributed by atoms with Crippen molar-refractivity contribution in [2.24, 2.45) is 11.7 Å². The molecule has 0 aromatic heterocycles. The van der Waals surface area contributed by atoms with Crippen molar-refractivity contribution in [2.75, 3.05) is 31.7 Å². The highest BCUT2D eigenvalue weighted by Crippen LogP contribution is 2.13. The van der Waals surface area contributed by atoms with Gasteiger partial charge in [-0.1, -0.05) is 12.1 Å². The maximum atomic E-state index is 11.8. The van der Waals surface area contributed by atoms with Gasteiger partial charge in [-0.15, -0.1) is 0 Å². The fraction of sp³-hybridized carbons (Fsp3) is 0.562. The highest BCUT2D eigenvalue weighted by atomic mass is 16.5. The first-order valence-corrected chi connectivity index (χ1v) is 7.52. The van der Waals surface area contributed by atoms with E-state index in [0.717, 1.165) is 43.9 Å². The summed E-state index contributed by atoms with van der Waals surface area (Å²) in [5.41, 5.74) is 7.39. The van der Waals surface area contributed by atoms with E-state index >= 15 is 0 Å². The highest BCUT2D eigenvalue weighted by Gasteiger charge is 2.15. The van der Waals surface area contributed by atoms with Crippen LogP contribution in [0.25, 0.3) is 0 Å². The van der Waals surface area contributed by atoms with Gasteiger partial charge in [0.2, 0.25) is 5.91 Å². The summed E-state index contributed by atoms with van der Waals surface area (Å²) in [4.78, 5) is 11.8. The number of carbonyl (C=O) groups excluding carboxylic acids is 1. The van der Waals surface area contributed by atoms with Crippen LogP contribution in [0.3, 0.4) is 0 Å². The number of nitrogens with one attached hydrogen (secondary N) is 1. The van der Waals surface area contributed by atoms with E-state index in [1.54, 1.807) is 0 Å². The van der Waals surface area contributed by atoms with Gasteiger partial charge in [0.15, 0.2) is 0 Å². The number of nitrogens with two attached hydrogens (primary N) is 1. The molecular formula is C16H24N2O3. The lowest BCUT2D eigenvalue weighted by atomic mass is 10.1. The molecule has 2 rings (SSSR count). The van der Waals surface area contributed by atoms with E-state index in [1.165, 1.54) is 0 Å². The van der Waals surface area contributed by atoms with Gasteiger partial charge in [0.05, 0.1) is 13.2 Å². The van der Waals surface area contributed by atoms with Gasteiger partial charge in [-0.3, -0.25) is 4.79 Å². The topological polar surface area (TPSA) is 73.6 Å². The van der Waals surface area contributed by atoms with E-state index in [2.05, 4.69) is 5.32 Å².